The standard InChI is InChI=1S/C28H27NO3/c1-19-10-12-22(13-11-19)26-20(2)25(28(30)32-4)27(23-14-16-24(31-3)17-15-23)29(26)18-21-8-6-5-7-9-21/h5-17H,18H2,1-4H3. The van der Waals surface area contributed by atoms with Gasteiger partial charge in [-0.2, -0.15) is 0 Å². The molecular formula is C28H27NO3. The van der Waals surface area contributed by atoms with Gasteiger partial charge in [0.05, 0.1) is 31.2 Å². The molecule has 0 fully saturated rings. The molecule has 3 aromatic carbocycles. The molecule has 0 aliphatic heterocycles. The van der Waals surface area contributed by atoms with E-state index in [-0.39, 0.29) is 5.97 Å². The van der Waals surface area contributed by atoms with Gasteiger partial charge in [0.25, 0.3) is 0 Å². The van der Waals surface area contributed by atoms with E-state index < -0.39 is 0 Å². The molecule has 0 saturated carbocycles. The Hall–Kier alpha value is -3.79. The first-order chi connectivity index (χ1) is 15.5. The summed E-state index contributed by atoms with van der Waals surface area (Å²) in [6.45, 7) is 4.70. The van der Waals surface area contributed by atoms with Gasteiger partial charge >= 0.3 is 5.97 Å². The maximum absolute atomic E-state index is 13.0. The van der Waals surface area contributed by atoms with Crippen LogP contribution in [0.2, 0.25) is 0 Å². The Labute approximate surface area is 189 Å². The van der Waals surface area contributed by atoms with Crippen LogP contribution in [0.15, 0.2) is 78.9 Å². The molecule has 0 bridgehead atoms. The lowest BCUT2D eigenvalue weighted by Gasteiger charge is -2.16. The highest BCUT2D eigenvalue weighted by atomic mass is 16.5. The van der Waals surface area contributed by atoms with Gasteiger partial charge < -0.3 is 14.0 Å². The fourth-order valence-corrected chi connectivity index (χ4v) is 4.15. The highest BCUT2D eigenvalue weighted by Gasteiger charge is 2.27. The molecular weight excluding hydrogens is 398 g/mol. The molecule has 0 atom stereocenters. The van der Waals surface area contributed by atoms with Crippen LogP contribution in [0.3, 0.4) is 0 Å². The molecule has 0 unspecified atom stereocenters. The summed E-state index contributed by atoms with van der Waals surface area (Å²) in [5.74, 6) is 0.429. The molecule has 0 saturated heterocycles. The maximum Gasteiger partial charge on any atom is 0.340 e. The van der Waals surface area contributed by atoms with Crippen LogP contribution < -0.4 is 4.74 Å². The van der Waals surface area contributed by atoms with E-state index in [0.29, 0.717) is 12.1 Å². The Morgan fingerprint density at radius 3 is 1.97 bits per heavy atom. The van der Waals surface area contributed by atoms with E-state index in [1.807, 2.05) is 49.4 Å². The number of carbonyl (C=O) groups excluding carboxylic acids is 1. The van der Waals surface area contributed by atoms with Crippen molar-refractivity contribution >= 4 is 5.97 Å². The number of nitrogens with zero attached hydrogens (tertiary/aromatic N) is 1. The molecule has 4 rings (SSSR count). The van der Waals surface area contributed by atoms with Crippen molar-refractivity contribution in [1.82, 2.24) is 4.57 Å². The van der Waals surface area contributed by atoms with Crippen molar-refractivity contribution < 1.29 is 14.3 Å². The predicted molar refractivity (Wildman–Crippen MR) is 128 cm³/mol. The van der Waals surface area contributed by atoms with Crippen LogP contribution in [-0.2, 0) is 11.3 Å². The quantitative estimate of drug-likeness (QED) is 0.341. The molecule has 0 aliphatic rings. The second-order valence-corrected chi connectivity index (χ2v) is 7.86. The summed E-state index contributed by atoms with van der Waals surface area (Å²) < 4.78 is 12.8. The minimum atomic E-state index is -0.339. The molecule has 0 spiro atoms. The molecule has 0 radical (unpaired) electrons. The summed E-state index contributed by atoms with van der Waals surface area (Å²) >= 11 is 0. The highest BCUT2D eigenvalue weighted by molar-refractivity contribution is 6.01. The SMILES string of the molecule is COC(=O)c1c(C)c(-c2ccc(C)cc2)n(Cc2ccccc2)c1-c1ccc(OC)cc1. The maximum atomic E-state index is 13.0. The zero-order valence-electron chi connectivity index (χ0n) is 18.9. The third-order valence-corrected chi connectivity index (χ3v) is 5.77. The first-order valence-corrected chi connectivity index (χ1v) is 10.6. The van der Waals surface area contributed by atoms with Gasteiger partial charge in [-0.3, -0.25) is 0 Å². The van der Waals surface area contributed by atoms with Crippen molar-refractivity contribution in [1.29, 1.82) is 0 Å². The number of hydrogen-bond donors (Lipinski definition) is 0. The van der Waals surface area contributed by atoms with E-state index in [1.54, 1.807) is 7.11 Å². The summed E-state index contributed by atoms with van der Waals surface area (Å²) in [4.78, 5) is 13.0. The normalized spacial score (nSPS) is 10.8. The molecule has 4 nitrogen and oxygen atoms in total. The number of benzene rings is 3. The molecule has 0 amide bonds. The van der Waals surface area contributed by atoms with Gasteiger partial charge in [0, 0.05) is 6.54 Å². The molecule has 0 N–H and O–H groups in total. The Bertz CT molecular complexity index is 1220. The Kier molecular flexibility index (Phi) is 6.13. The molecule has 32 heavy (non-hydrogen) atoms. The lowest BCUT2D eigenvalue weighted by molar-refractivity contribution is 0.0601. The van der Waals surface area contributed by atoms with E-state index in [9.17, 15) is 4.79 Å². The summed E-state index contributed by atoms with van der Waals surface area (Å²) in [7, 11) is 3.08. The van der Waals surface area contributed by atoms with Crippen molar-refractivity contribution in [3.63, 3.8) is 0 Å². The molecule has 1 heterocycles. The van der Waals surface area contributed by atoms with Gasteiger partial charge in [0.1, 0.15) is 5.75 Å². The van der Waals surface area contributed by atoms with Crippen LogP contribution >= 0.6 is 0 Å². The predicted octanol–water partition coefficient (Wildman–Crippen LogP) is 6.28. The first kappa shape index (κ1) is 21.4. The fourth-order valence-electron chi connectivity index (χ4n) is 4.15. The minimum absolute atomic E-state index is 0.339. The van der Waals surface area contributed by atoms with Gasteiger partial charge in [-0.05, 0) is 60.4 Å². The summed E-state index contributed by atoms with van der Waals surface area (Å²) in [6, 6.07) is 26.5. The number of aromatic nitrogens is 1. The van der Waals surface area contributed by atoms with Crippen molar-refractivity contribution in [2.24, 2.45) is 0 Å². The third kappa shape index (κ3) is 4.04. The van der Waals surface area contributed by atoms with Crippen molar-refractivity contribution in [2.45, 2.75) is 20.4 Å². The average molecular weight is 426 g/mol. The van der Waals surface area contributed by atoms with Crippen molar-refractivity contribution in [3.8, 4) is 28.3 Å². The topological polar surface area (TPSA) is 40.5 Å². The summed E-state index contributed by atoms with van der Waals surface area (Å²) in [5.41, 5.74) is 7.69. The highest BCUT2D eigenvalue weighted by Crippen LogP contribution is 2.38. The number of methoxy groups -OCH3 is 2. The molecule has 0 aliphatic carbocycles. The molecule has 4 heteroatoms. The molecule has 162 valence electrons. The second kappa shape index (κ2) is 9.15. The van der Waals surface area contributed by atoms with E-state index in [2.05, 4.69) is 47.9 Å². The van der Waals surface area contributed by atoms with Crippen LogP contribution in [-0.4, -0.2) is 24.8 Å². The van der Waals surface area contributed by atoms with E-state index in [0.717, 1.165) is 39.4 Å². The number of ether oxygens (including phenoxy) is 2. The third-order valence-electron chi connectivity index (χ3n) is 5.77. The number of carbonyl (C=O) groups is 1. The van der Waals surface area contributed by atoms with E-state index in [4.69, 9.17) is 9.47 Å². The van der Waals surface area contributed by atoms with Gasteiger partial charge in [-0.25, -0.2) is 4.79 Å². The number of hydrogen-bond acceptors (Lipinski definition) is 3. The Morgan fingerprint density at radius 1 is 0.781 bits per heavy atom. The number of rotatable bonds is 6. The number of esters is 1. The summed E-state index contributed by atoms with van der Waals surface area (Å²) in [5, 5.41) is 0. The van der Waals surface area contributed by atoms with Crippen molar-refractivity contribution in [2.75, 3.05) is 14.2 Å². The largest absolute Gasteiger partial charge is 0.497 e. The van der Waals surface area contributed by atoms with E-state index >= 15 is 0 Å². The molecule has 1 aromatic heterocycles. The lowest BCUT2D eigenvalue weighted by atomic mass is 10.0. The van der Waals surface area contributed by atoms with Crippen LogP contribution in [0.4, 0.5) is 0 Å². The van der Waals surface area contributed by atoms with Crippen LogP contribution in [0.1, 0.15) is 27.0 Å². The summed E-state index contributed by atoms with van der Waals surface area (Å²) in [6.07, 6.45) is 0. The van der Waals surface area contributed by atoms with Crippen molar-refractivity contribution in [3.05, 3.63) is 101 Å². The van der Waals surface area contributed by atoms with Gasteiger partial charge in [-0.15, -0.1) is 0 Å². The average Bonchev–Trinajstić information content (AvgIpc) is 3.11. The lowest BCUT2D eigenvalue weighted by Crippen LogP contribution is -2.07. The van der Waals surface area contributed by atoms with Gasteiger partial charge in [0.15, 0.2) is 0 Å². The molecule has 4 aromatic rings. The van der Waals surface area contributed by atoms with E-state index in [1.165, 1.54) is 12.7 Å². The second-order valence-electron chi connectivity index (χ2n) is 7.86. The van der Waals surface area contributed by atoms with Crippen LogP contribution in [0, 0.1) is 13.8 Å². The smallest absolute Gasteiger partial charge is 0.340 e. The Balaban J connectivity index is 2.03. The number of aryl methyl sites for hydroxylation is 1. The Morgan fingerprint density at radius 2 is 1.38 bits per heavy atom. The van der Waals surface area contributed by atoms with Gasteiger partial charge in [-0.1, -0.05) is 60.2 Å². The fraction of sp³-hybridized carbons (Fsp3) is 0.179. The minimum Gasteiger partial charge on any atom is -0.497 e. The zero-order valence-corrected chi connectivity index (χ0v) is 18.9. The monoisotopic (exact) mass is 425 g/mol. The first-order valence-electron chi connectivity index (χ1n) is 10.6. The van der Waals surface area contributed by atoms with Gasteiger partial charge in [0.2, 0.25) is 0 Å². The van der Waals surface area contributed by atoms with Crippen LogP contribution in [0.5, 0.6) is 5.75 Å². The zero-order chi connectivity index (χ0) is 22.7. The van der Waals surface area contributed by atoms with Crippen LogP contribution in [0.25, 0.3) is 22.5 Å².